The molecule has 1 fully saturated rings. The van der Waals surface area contributed by atoms with Gasteiger partial charge in [0, 0.05) is 17.1 Å². The largest absolute Gasteiger partial charge is 0.490 e. The highest BCUT2D eigenvalue weighted by Crippen LogP contribution is 2.30. The quantitative estimate of drug-likeness (QED) is 0.561. The highest BCUT2D eigenvalue weighted by atomic mass is 35.5. The number of ether oxygens (including phenoxy) is 1. The number of halogens is 2. The third kappa shape index (κ3) is 5.61. The average molecular weight is 465 g/mol. The van der Waals surface area contributed by atoms with Crippen molar-refractivity contribution >= 4 is 44.0 Å². The number of aromatic nitrogens is 2. The molecule has 164 valence electrons. The minimum absolute atomic E-state index is 0.00649. The van der Waals surface area contributed by atoms with E-state index in [9.17, 15) is 12.8 Å². The molecule has 0 radical (unpaired) electrons. The molecule has 2 N–H and O–H groups in total. The van der Waals surface area contributed by atoms with Crippen LogP contribution in [0, 0.1) is 5.82 Å². The highest BCUT2D eigenvalue weighted by Gasteiger charge is 2.24. The lowest BCUT2D eigenvalue weighted by Crippen LogP contribution is -2.39. The lowest BCUT2D eigenvalue weighted by molar-refractivity contribution is 0.144. The van der Waals surface area contributed by atoms with Gasteiger partial charge in [0.25, 0.3) is 0 Å². The van der Waals surface area contributed by atoms with E-state index in [4.69, 9.17) is 16.3 Å². The number of anilines is 2. The molecule has 7 nitrogen and oxygen atoms in total. The van der Waals surface area contributed by atoms with E-state index in [1.807, 2.05) is 18.2 Å². The molecule has 4 rings (SSSR count). The van der Waals surface area contributed by atoms with E-state index in [1.54, 1.807) is 6.07 Å². The Labute approximate surface area is 185 Å². The maximum absolute atomic E-state index is 13.4. The fourth-order valence-corrected chi connectivity index (χ4v) is 4.73. The summed E-state index contributed by atoms with van der Waals surface area (Å²) in [6, 6.07) is 9.90. The van der Waals surface area contributed by atoms with Gasteiger partial charge in [-0.05, 0) is 62.1 Å². The molecule has 1 aliphatic carbocycles. The van der Waals surface area contributed by atoms with Gasteiger partial charge in [-0.1, -0.05) is 11.6 Å². The van der Waals surface area contributed by atoms with Gasteiger partial charge in [-0.15, -0.1) is 0 Å². The van der Waals surface area contributed by atoms with Crippen molar-refractivity contribution in [2.75, 3.05) is 11.6 Å². The van der Waals surface area contributed by atoms with Gasteiger partial charge in [-0.25, -0.2) is 27.5 Å². The molecular formula is C21H22ClFN4O3S. The Kier molecular flexibility index (Phi) is 6.27. The third-order valence-electron chi connectivity index (χ3n) is 5.15. The van der Waals surface area contributed by atoms with Gasteiger partial charge in [-0.2, -0.15) is 0 Å². The van der Waals surface area contributed by atoms with Gasteiger partial charge >= 0.3 is 0 Å². The maximum Gasteiger partial charge on any atom is 0.208 e. The summed E-state index contributed by atoms with van der Waals surface area (Å²) >= 11 is 5.87. The molecule has 3 aromatic rings. The van der Waals surface area contributed by atoms with Crippen LogP contribution >= 0.6 is 11.6 Å². The maximum atomic E-state index is 13.4. The number of hydrogen-bond donors (Lipinski definition) is 2. The molecule has 10 heteroatoms. The summed E-state index contributed by atoms with van der Waals surface area (Å²) in [5.74, 6) is 0.748. The van der Waals surface area contributed by atoms with E-state index < -0.39 is 15.8 Å². The number of sulfonamides is 1. The van der Waals surface area contributed by atoms with Gasteiger partial charge in [0.05, 0.1) is 22.9 Å². The summed E-state index contributed by atoms with van der Waals surface area (Å²) in [5, 5.41) is 3.93. The number of nitrogens with one attached hydrogen (secondary N) is 2. The topological polar surface area (TPSA) is 93.2 Å². The van der Waals surface area contributed by atoms with Crippen molar-refractivity contribution in [1.29, 1.82) is 0 Å². The van der Waals surface area contributed by atoms with Crippen LogP contribution in [0.25, 0.3) is 10.9 Å². The molecule has 0 aliphatic heterocycles. The molecule has 0 unspecified atom stereocenters. The van der Waals surface area contributed by atoms with Gasteiger partial charge in [0.15, 0.2) is 0 Å². The first-order valence-electron chi connectivity index (χ1n) is 9.87. The van der Waals surface area contributed by atoms with Gasteiger partial charge in [-0.3, -0.25) is 0 Å². The minimum Gasteiger partial charge on any atom is -0.490 e. The average Bonchev–Trinajstić information content (AvgIpc) is 2.72. The van der Waals surface area contributed by atoms with Crippen LogP contribution in [0.2, 0.25) is 5.02 Å². The van der Waals surface area contributed by atoms with Crippen LogP contribution in [0.3, 0.4) is 0 Å². The van der Waals surface area contributed by atoms with Crippen molar-refractivity contribution in [2.45, 2.75) is 37.8 Å². The van der Waals surface area contributed by atoms with Crippen LogP contribution in [0.5, 0.6) is 5.75 Å². The predicted octanol–water partition coefficient (Wildman–Crippen LogP) is 4.41. The Morgan fingerprint density at radius 3 is 2.58 bits per heavy atom. The monoisotopic (exact) mass is 464 g/mol. The SMILES string of the molecule is CS(=O)(=O)NC1CCC(Oc2ccc3ncnc(Nc4ccc(F)c(Cl)c4)c3c2)CC1. The van der Waals surface area contributed by atoms with Crippen LogP contribution in [0.4, 0.5) is 15.9 Å². The molecule has 1 aromatic heterocycles. The summed E-state index contributed by atoms with van der Waals surface area (Å²) in [6.45, 7) is 0. The summed E-state index contributed by atoms with van der Waals surface area (Å²) in [5.41, 5.74) is 1.34. The second-order valence-electron chi connectivity index (χ2n) is 7.64. The Bertz CT molecular complexity index is 1200. The van der Waals surface area contributed by atoms with Crippen LogP contribution in [-0.2, 0) is 10.0 Å². The Morgan fingerprint density at radius 2 is 1.87 bits per heavy atom. The fourth-order valence-electron chi connectivity index (χ4n) is 3.71. The van der Waals surface area contributed by atoms with E-state index in [2.05, 4.69) is 20.0 Å². The molecule has 1 aliphatic rings. The van der Waals surface area contributed by atoms with Crippen molar-refractivity contribution in [3.63, 3.8) is 0 Å². The predicted molar refractivity (Wildman–Crippen MR) is 119 cm³/mol. The summed E-state index contributed by atoms with van der Waals surface area (Å²) in [4.78, 5) is 8.60. The lowest BCUT2D eigenvalue weighted by Gasteiger charge is -2.29. The van der Waals surface area contributed by atoms with Crippen molar-refractivity contribution in [1.82, 2.24) is 14.7 Å². The minimum atomic E-state index is -3.20. The molecule has 31 heavy (non-hydrogen) atoms. The van der Waals surface area contributed by atoms with Crippen LogP contribution in [-0.4, -0.2) is 36.8 Å². The molecule has 0 spiro atoms. The van der Waals surface area contributed by atoms with Crippen LogP contribution in [0.15, 0.2) is 42.7 Å². The summed E-state index contributed by atoms with van der Waals surface area (Å²) in [6.07, 6.45) is 5.61. The van der Waals surface area contributed by atoms with Crippen molar-refractivity contribution in [3.05, 3.63) is 53.6 Å². The molecule has 0 amide bonds. The second kappa shape index (κ2) is 8.94. The first-order valence-corrected chi connectivity index (χ1v) is 12.1. The zero-order valence-corrected chi connectivity index (χ0v) is 18.4. The number of benzene rings is 2. The normalized spacial score (nSPS) is 19.3. The van der Waals surface area contributed by atoms with E-state index in [-0.39, 0.29) is 17.2 Å². The highest BCUT2D eigenvalue weighted by molar-refractivity contribution is 7.88. The van der Waals surface area contributed by atoms with Gasteiger partial charge < -0.3 is 10.1 Å². The summed E-state index contributed by atoms with van der Waals surface area (Å²) in [7, 11) is -3.20. The van der Waals surface area contributed by atoms with Crippen LogP contribution < -0.4 is 14.8 Å². The Morgan fingerprint density at radius 1 is 1.10 bits per heavy atom. The van der Waals surface area contributed by atoms with E-state index in [0.29, 0.717) is 17.3 Å². The standard InChI is InChI=1S/C21H22ClFN4O3S/c1-31(28,29)27-13-2-5-15(6-3-13)30-16-7-9-20-17(11-16)21(25-12-24-20)26-14-4-8-19(23)18(22)10-14/h4,7-13,15,27H,2-3,5-6H2,1H3,(H,24,25,26). The van der Waals surface area contributed by atoms with E-state index in [0.717, 1.165) is 36.6 Å². The lowest BCUT2D eigenvalue weighted by atomic mass is 9.93. The van der Waals surface area contributed by atoms with Gasteiger partial charge in [0.2, 0.25) is 10.0 Å². The molecule has 0 bridgehead atoms. The molecule has 2 aromatic carbocycles. The van der Waals surface area contributed by atoms with Crippen molar-refractivity contribution < 1.29 is 17.5 Å². The van der Waals surface area contributed by atoms with E-state index in [1.165, 1.54) is 24.7 Å². The van der Waals surface area contributed by atoms with Gasteiger partial charge in [0.1, 0.15) is 23.7 Å². The van der Waals surface area contributed by atoms with Crippen LogP contribution in [0.1, 0.15) is 25.7 Å². The third-order valence-corrected chi connectivity index (χ3v) is 6.20. The second-order valence-corrected chi connectivity index (χ2v) is 9.82. The zero-order chi connectivity index (χ0) is 22.0. The number of hydrogen-bond acceptors (Lipinski definition) is 6. The number of fused-ring (bicyclic) bond motifs is 1. The molecular weight excluding hydrogens is 443 g/mol. The fraction of sp³-hybridized carbons (Fsp3) is 0.333. The van der Waals surface area contributed by atoms with Crippen molar-refractivity contribution in [3.8, 4) is 5.75 Å². The zero-order valence-electron chi connectivity index (χ0n) is 16.8. The molecule has 0 saturated heterocycles. The first kappa shape index (κ1) is 21.7. The number of rotatable bonds is 6. The molecule has 1 saturated carbocycles. The van der Waals surface area contributed by atoms with E-state index >= 15 is 0 Å². The number of nitrogens with zero attached hydrogens (tertiary/aromatic N) is 2. The summed E-state index contributed by atoms with van der Waals surface area (Å²) < 4.78 is 45.1. The molecule has 0 atom stereocenters. The first-order chi connectivity index (χ1) is 14.8. The Hall–Kier alpha value is -2.49. The van der Waals surface area contributed by atoms with Crippen molar-refractivity contribution in [2.24, 2.45) is 0 Å². The smallest absolute Gasteiger partial charge is 0.208 e. The molecule has 1 heterocycles. The Balaban J connectivity index is 1.49.